The van der Waals surface area contributed by atoms with Gasteiger partial charge in [-0.15, -0.1) is 0 Å². The van der Waals surface area contributed by atoms with Gasteiger partial charge in [0.15, 0.2) is 0 Å². The summed E-state index contributed by atoms with van der Waals surface area (Å²) in [5.74, 6) is 0.686. The zero-order chi connectivity index (χ0) is 13.1. The number of anilines is 1. The number of hydrogen-bond acceptors (Lipinski definition) is 5. The van der Waals surface area contributed by atoms with E-state index < -0.39 is 15.9 Å². The molecule has 0 saturated heterocycles. The average Bonchev–Trinajstić information content (AvgIpc) is 2.25. The van der Waals surface area contributed by atoms with E-state index in [0.717, 1.165) is 0 Å². The van der Waals surface area contributed by atoms with Crippen molar-refractivity contribution in [3.8, 4) is 0 Å². The molecule has 0 amide bonds. The predicted molar refractivity (Wildman–Crippen MR) is 67.9 cm³/mol. The molecule has 1 N–H and O–H groups in total. The Balaban J connectivity index is 2.85. The van der Waals surface area contributed by atoms with Gasteiger partial charge in [0.05, 0.1) is 11.9 Å². The lowest BCUT2D eigenvalue weighted by molar-refractivity contribution is 0.199. The van der Waals surface area contributed by atoms with E-state index in [-0.39, 0.29) is 5.75 Å². The van der Waals surface area contributed by atoms with Gasteiger partial charge < -0.3 is 10.0 Å². The maximum absolute atomic E-state index is 11.1. The molecule has 0 aliphatic carbocycles. The summed E-state index contributed by atoms with van der Waals surface area (Å²) in [5, 5.41) is 9.60. The molecular formula is C11H18N2O3S. The molecule has 1 atom stereocenters. The second-order valence-electron chi connectivity index (χ2n) is 4.14. The molecule has 1 aromatic heterocycles. The van der Waals surface area contributed by atoms with Gasteiger partial charge in [-0.3, -0.25) is 0 Å². The molecule has 0 radical (unpaired) electrons. The molecule has 17 heavy (non-hydrogen) atoms. The largest absolute Gasteiger partial charge is 0.389 e. The van der Waals surface area contributed by atoms with Crippen LogP contribution in [0.2, 0.25) is 0 Å². The van der Waals surface area contributed by atoms with Crippen molar-refractivity contribution in [3.05, 3.63) is 23.9 Å². The Morgan fingerprint density at radius 2 is 2.18 bits per heavy atom. The van der Waals surface area contributed by atoms with Crippen molar-refractivity contribution in [1.29, 1.82) is 0 Å². The molecule has 0 unspecified atom stereocenters. The molecule has 6 heteroatoms. The van der Waals surface area contributed by atoms with Crippen LogP contribution in [0.25, 0.3) is 0 Å². The molecule has 0 fully saturated rings. The molecular weight excluding hydrogens is 240 g/mol. The molecule has 0 saturated carbocycles. The van der Waals surface area contributed by atoms with Gasteiger partial charge in [0.1, 0.15) is 15.7 Å². The fourth-order valence-electron chi connectivity index (χ4n) is 1.46. The van der Waals surface area contributed by atoms with Crippen molar-refractivity contribution in [3.63, 3.8) is 0 Å². The number of aliphatic hydroxyl groups excluding tert-OH is 1. The minimum Gasteiger partial charge on any atom is -0.389 e. The monoisotopic (exact) mass is 258 g/mol. The van der Waals surface area contributed by atoms with Crippen molar-refractivity contribution in [2.24, 2.45) is 0 Å². The molecule has 0 aromatic carbocycles. The summed E-state index contributed by atoms with van der Waals surface area (Å²) < 4.78 is 22.2. The number of pyridine rings is 1. The standard InChI is InChI=1S/C11H18N2O3S/c1-9(14)10-5-4-6-12-11(10)13(2)7-8-17(3,15)16/h4-6,9,14H,7-8H2,1-3H3/t9-/m1/s1. The Hall–Kier alpha value is -1.14. The number of sulfone groups is 1. The Labute approximate surface area is 102 Å². The molecule has 0 aliphatic heterocycles. The van der Waals surface area contributed by atoms with Gasteiger partial charge in [-0.1, -0.05) is 6.07 Å². The fourth-order valence-corrected chi connectivity index (χ4v) is 2.07. The van der Waals surface area contributed by atoms with Crippen molar-refractivity contribution in [1.82, 2.24) is 4.98 Å². The normalized spacial score (nSPS) is 13.4. The van der Waals surface area contributed by atoms with E-state index in [1.807, 2.05) is 0 Å². The first-order valence-corrected chi connectivity index (χ1v) is 7.39. The molecule has 1 aromatic rings. The summed E-state index contributed by atoms with van der Waals surface area (Å²) in [6.45, 7) is 2.01. The maximum atomic E-state index is 11.1. The Kier molecular flexibility index (Phi) is 4.47. The number of aliphatic hydroxyl groups is 1. The van der Waals surface area contributed by atoms with E-state index in [9.17, 15) is 13.5 Å². The van der Waals surface area contributed by atoms with Crippen molar-refractivity contribution in [2.45, 2.75) is 13.0 Å². The maximum Gasteiger partial charge on any atom is 0.149 e. The quantitative estimate of drug-likeness (QED) is 0.838. The zero-order valence-electron chi connectivity index (χ0n) is 10.3. The summed E-state index contributed by atoms with van der Waals surface area (Å²) in [7, 11) is -1.23. The topological polar surface area (TPSA) is 70.5 Å². The fraction of sp³-hybridized carbons (Fsp3) is 0.545. The first kappa shape index (κ1) is 13.9. The first-order chi connectivity index (χ1) is 7.81. The zero-order valence-corrected chi connectivity index (χ0v) is 11.1. The molecule has 5 nitrogen and oxygen atoms in total. The number of rotatable bonds is 5. The van der Waals surface area contributed by atoms with Gasteiger partial charge in [0.2, 0.25) is 0 Å². The summed E-state index contributed by atoms with van der Waals surface area (Å²) in [5.41, 5.74) is 0.698. The third kappa shape index (κ3) is 4.32. The second-order valence-corrected chi connectivity index (χ2v) is 6.40. The van der Waals surface area contributed by atoms with E-state index in [1.165, 1.54) is 6.26 Å². The van der Waals surface area contributed by atoms with Crippen molar-refractivity contribution < 1.29 is 13.5 Å². The molecule has 96 valence electrons. The highest BCUT2D eigenvalue weighted by Crippen LogP contribution is 2.22. The molecule has 0 spiro atoms. The van der Waals surface area contributed by atoms with Gasteiger partial charge >= 0.3 is 0 Å². The van der Waals surface area contributed by atoms with E-state index in [2.05, 4.69) is 4.98 Å². The SMILES string of the molecule is C[C@@H](O)c1cccnc1N(C)CCS(C)(=O)=O. The van der Waals surface area contributed by atoms with Gasteiger partial charge in [0.25, 0.3) is 0 Å². The Bertz CT molecular complexity index is 471. The Morgan fingerprint density at radius 3 is 2.71 bits per heavy atom. The minimum absolute atomic E-state index is 0.0688. The number of aromatic nitrogens is 1. The van der Waals surface area contributed by atoms with Crippen molar-refractivity contribution >= 4 is 15.7 Å². The van der Waals surface area contributed by atoms with Crippen LogP contribution in [0.15, 0.2) is 18.3 Å². The van der Waals surface area contributed by atoms with Crippen LogP contribution in [-0.2, 0) is 9.84 Å². The minimum atomic E-state index is -2.99. The van der Waals surface area contributed by atoms with Crippen LogP contribution in [0.4, 0.5) is 5.82 Å². The third-order valence-electron chi connectivity index (χ3n) is 2.43. The van der Waals surface area contributed by atoms with Crippen LogP contribution in [0.1, 0.15) is 18.6 Å². The molecule has 0 aliphatic rings. The summed E-state index contributed by atoms with van der Waals surface area (Å²) in [4.78, 5) is 5.91. The highest BCUT2D eigenvalue weighted by molar-refractivity contribution is 7.90. The van der Waals surface area contributed by atoms with Gasteiger partial charge in [-0.2, -0.15) is 0 Å². The highest BCUT2D eigenvalue weighted by Gasteiger charge is 2.13. The van der Waals surface area contributed by atoms with Crippen LogP contribution < -0.4 is 4.90 Å². The lowest BCUT2D eigenvalue weighted by Crippen LogP contribution is -2.26. The third-order valence-corrected chi connectivity index (χ3v) is 3.35. The number of hydrogen-bond donors (Lipinski definition) is 1. The van der Waals surface area contributed by atoms with Crippen LogP contribution in [0, 0.1) is 0 Å². The lowest BCUT2D eigenvalue weighted by atomic mass is 10.1. The van der Waals surface area contributed by atoms with Gasteiger partial charge in [0, 0.05) is 31.6 Å². The molecule has 0 bridgehead atoms. The van der Waals surface area contributed by atoms with Crippen LogP contribution in [0.3, 0.4) is 0 Å². The van der Waals surface area contributed by atoms with Crippen LogP contribution >= 0.6 is 0 Å². The summed E-state index contributed by atoms with van der Waals surface area (Å²) in [6.07, 6.45) is 2.20. The van der Waals surface area contributed by atoms with Crippen LogP contribution in [0.5, 0.6) is 0 Å². The molecule has 1 rings (SSSR count). The summed E-state index contributed by atoms with van der Waals surface area (Å²) in [6, 6.07) is 3.53. The van der Waals surface area contributed by atoms with Crippen LogP contribution in [-0.4, -0.2) is 44.1 Å². The van der Waals surface area contributed by atoms with Gasteiger partial charge in [-0.25, -0.2) is 13.4 Å². The lowest BCUT2D eigenvalue weighted by Gasteiger charge is -2.21. The first-order valence-electron chi connectivity index (χ1n) is 5.33. The van der Waals surface area contributed by atoms with E-state index in [0.29, 0.717) is 17.9 Å². The number of nitrogens with zero attached hydrogens (tertiary/aromatic N) is 2. The predicted octanol–water partition coefficient (Wildman–Crippen LogP) is 0.616. The smallest absolute Gasteiger partial charge is 0.149 e. The second kappa shape index (κ2) is 5.46. The molecule has 1 heterocycles. The Morgan fingerprint density at radius 1 is 1.53 bits per heavy atom. The van der Waals surface area contributed by atoms with Gasteiger partial charge in [-0.05, 0) is 13.0 Å². The average molecular weight is 258 g/mol. The van der Waals surface area contributed by atoms with E-state index >= 15 is 0 Å². The van der Waals surface area contributed by atoms with E-state index in [1.54, 1.807) is 37.2 Å². The van der Waals surface area contributed by atoms with Crippen molar-refractivity contribution in [2.75, 3.05) is 30.5 Å². The highest BCUT2D eigenvalue weighted by atomic mass is 32.2. The summed E-state index contributed by atoms with van der Waals surface area (Å²) >= 11 is 0. The van der Waals surface area contributed by atoms with E-state index in [4.69, 9.17) is 0 Å².